The first kappa shape index (κ1) is 9.79. The maximum absolute atomic E-state index is 13.6. The van der Waals surface area contributed by atoms with Gasteiger partial charge in [0.05, 0.1) is 0 Å². The Labute approximate surface area is 94.1 Å². The number of benzene rings is 2. The Hall–Kier alpha value is -1.41. The van der Waals surface area contributed by atoms with Crippen LogP contribution in [0.4, 0.5) is 4.39 Å². The van der Waals surface area contributed by atoms with Gasteiger partial charge in [0.15, 0.2) is 0 Å². The largest absolute Gasteiger partial charge is 0.324 e. The summed E-state index contributed by atoms with van der Waals surface area (Å²) in [5.41, 5.74) is 7.17. The number of rotatable bonds is 2. The second-order valence-electron chi connectivity index (χ2n) is 4.58. The van der Waals surface area contributed by atoms with Gasteiger partial charge < -0.3 is 5.73 Å². The van der Waals surface area contributed by atoms with Crippen LogP contribution in [0.3, 0.4) is 0 Å². The molecule has 0 amide bonds. The van der Waals surface area contributed by atoms with E-state index in [1.54, 1.807) is 6.07 Å². The monoisotopic (exact) mass is 215 g/mol. The molecule has 1 aliphatic carbocycles. The maximum atomic E-state index is 13.6. The van der Waals surface area contributed by atoms with Crippen LogP contribution in [0.5, 0.6) is 0 Å². The van der Waals surface area contributed by atoms with E-state index in [1.165, 1.54) is 18.9 Å². The van der Waals surface area contributed by atoms with E-state index in [-0.39, 0.29) is 11.9 Å². The molecular formula is C14H14FN. The number of halogens is 1. The molecule has 0 aliphatic heterocycles. The van der Waals surface area contributed by atoms with Gasteiger partial charge in [-0.25, -0.2) is 4.39 Å². The molecule has 0 heterocycles. The summed E-state index contributed by atoms with van der Waals surface area (Å²) in [4.78, 5) is 0. The summed E-state index contributed by atoms with van der Waals surface area (Å²) >= 11 is 0. The highest BCUT2D eigenvalue weighted by molar-refractivity contribution is 5.83. The van der Waals surface area contributed by atoms with E-state index in [0.717, 1.165) is 10.9 Å². The van der Waals surface area contributed by atoms with Crippen LogP contribution in [-0.4, -0.2) is 0 Å². The molecule has 2 N–H and O–H groups in total. The lowest BCUT2D eigenvalue weighted by molar-refractivity contribution is 0.629. The smallest absolute Gasteiger partial charge is 0.131 e. The standard InChI is InChI=1S/C14H14FN/c15-13-3-1-2-9-4-7-11(8-12(9)13)14(16)10-5-6-10/h1-4,7-8,10,14H,5-6,16H2. The van der Waals surface area contributed by atoms with Crippen LogP contribution in [0, 0.1) is 11.7 Å². The molecule has 0 bridgehead atoms. The lowest BCUT2D eigenvalue weighted by atomic mass is 9.99. The quantitative estimate of drug-likeness (QED) is 0.816. The fourth-order valence-electron chi connectivity index (χ4n) is 2.19. The molecule has 2 aromatic carbocycles. The average molecular weight is 215 g/mol. The van der Waals surface area contributed by atoms with Gasteiger partial charge in [0.2, 0.25) is 0 Å². The van der Waals surface area contributed by atoms with E-state index >= 15 is 0 Å². The highest BCUT2D eigenvalue weighted by Gasteiger charge is 2.29. The summed E-state index contributed by atoms with van der Waals surface area (Å²) in [7, 11) is 0. The van der Waals surface area contributed by atoms with Crippen molar-refractivity contribution in [1.82, 2.24) is 0 Å². The molecule has 82 valence electrons. The number of fused-ring (bicyclic) bond motifs is 1. The Balaban J connectivity index is 2.10. The average Bonchev–Trinajstić information content (AvgIpc) is 3.12. The molecule has 2 heteroatoms. The SMILES string of the molecule is NC(c1ccc2cccc(F)c2c1)C1CC1. The van der Waals surface area contributed by atoms with Crippen molar-refractivity contribution < 1.29 is 4.39 Å². The van der Waals surface area contributed by atoms with Crippen molar-refractivity contribution in [3.8, 4) is 0 Å². The molecule has 1 unspecified atom stereocenters. The van der Waals surface area contributed by atoms with Crippen molar-refractivity contribution in [2.75, 3.05) is 0 Å². The minimum atomic E-state index is -0.164. The van der Waals surface area contributed by atoms with Gasteiger partial charge in [-0.3, -0.25) is 0 Å². The third-order valence-corrected chi connectivity index (χ3v) is 3.37. The van der Waals surface area contributed by atoms with Crippen molar-refractivity contribution in [2.24, 2.45) is 11.7 Å². The summed E-state index contributed by atoms with van der Waals surface area (Å²) in [6.45, 7) is 0. The topological polar surface area (TPSA) is 26.0 Å². The van der Waals surface area contributed by atoms with Crippen LogP contribution in [0.25, 0.3) is 10.8 Å². The zero-order valence-electron chi connectivity index (χ0n) is 8.99. The summed E-state index contributed by atoms with van der Waals surface area (Å²) in [5.74, 6) is 0.437. The Morgan fingerprint density at radius 1 is 1.19 bits per heavy atom. The first-order valence-corrected chi connectivity index (χ1v) is 5.69. The molecule has 1 saturated carbocycles. The molecule has 0 radical (unpaired) electrons. The van der Waals surface area contributed by atoms with Crippen LogP contribution in [0.15, 0.2) is 36.4 Å². The molecule has 1 fully saturated rings. The van der Waals surface area contributed by atoms with Gasteiger partial charge in [-0.15, -0.1) is 0 Å². The fourth-order valence-corrected chi connectivity index (χ4v) is 2.19. The van der Waals surface area contributed by atoms with Gasteiger partial charge in [0.25, 0.3) is 0 Å². The molecule has 1 aliphatic rings. The van der Waals surface area contributed by atoms with Gasteiger partial charge in [0, 0.05) is 11.4 Å². The Kier molecular flexibility index (Phi) is 2.18. The van der Waals surface area contributed by atoms with E-state index in [4.69, 9.17) is 5.73 Å². The maximum Gasteiger partial charge on any atom is 0.131 e. The zero-order chi connectivity index (χ0) is 11.1. The second-order valence-corrected chi connectivity index (χ2v) is 4.58. The summed E-state index contributed by atoms with van der Waals surface area (Å²) < 4.78 is 13.6. The summed E-state index contributed by atoms with van der Waals surface area (Å²) in [6.07, 6.45) is 2.41. The predicted molar refractivity (Wildman–Crippen MR) is 63.6 cm³/mol. The molecular weight excluding hydrogens is 201 g/mol. The molecule has 1 atom stereocenters. The van der Waals surface area contributed by atoms with Gasteiger partial charge in [0.1, 0.15) is 5.82 Å². The van der Waals surface area contributed by atoms with Crippen molar-refractivity contribution in [2.45, 2.75) is 18.9 Å². The van der Waals surface area contributed by atoms with Crippen LogP contribution in [-0.2, 0) is 0 Å². The van der Waals surface area contributed by atoms with Crippen LogP contribution >= 0.6 is 0 Å². The molecule has 16 heavy (non-hydrogen) atoms. The molecule has 0 spiro atoms. The zero-order valence-corrected chi connectivity index (χ0v) is 8.99. The van der Waals surface area contributed by atoms with Gasteiger partial charge in [-0.2, -0.15) is 0 Å². The van der Waals surface area contributed by atoms with Gasteiger partial charge in [-0.1, -0.05) is 24.3 Å². The normalized spacial score (nSPS) is 17.6. The third kappa shape index (κ3) is 1.59. The van der Waals surface area contributed by atoms with Crippen molar-refractivity contribution in [3.05, 3.63) is 47.8 Å². The highest BCUT2D eigenvalue weighted by Crippen LogP contribution is 2.40. The number of hydrogen-bond acceptors (Lipinski definition) is 1. The predicted octanol–water partition coefficient (Wildman–Crippen LogP) is 3.39. The minimum absolute atomic E-state index is 0.0732. The van der Waals surface area contributed by atoms with Crippen LogP contribution < -0.4 is 5.73 Å². The molecule has 0 saturated heterocycles. The van der Waals surface area contributed by atoms with E-state index in [0.29, 0.717) is 11.3 Å². The van der Waals surface area contributed by atoms with E-state index in [2.05, 4.69) is 0 Å². The van der Waals surface area contributed by atoms with Crippen molar-refractivity contribution in [3.63, 3.8) is 0 Å². The fraction of sp³-hybridized carbons (Fsp3) is 0.286. The summed E-state index contributed by atoms with van der Waals surface area (Å²) in [5, 5.41) is 1.61. The third-order valence-electron chi connectivity index (χ3n) is 3.37. The highest BCUT2D eigenvalue weighted by atomic mass is 19.1. The Bertz CT molecular complexity index is 531. The molecule has 3 rings (SSSR count). The lowest BCUT2D eigenvalue weighted by Gasteiger charge is -2.11. The number of nitrogens with two attached hydrogens (primary N) is 1. The molecule has 1 nitrogen and oxygen atoms in total. The van der Waals surface area contributed by atoms with E-state index in [1.807, 2.05) is 24.3 Å². The molecule has 0 aromatic heterocycles. The van der Waals surface area contributed by atoms with Gasteiger partial charge in [-0.05, 0) is 41.8 Å². The van der Waals surface area contributed by atoms with Crippen molar-refractivity contribution >= 4 is 10.8 Å². The minimum Gasteiger partial charge on any atom is -0.324 e. The number of hydrogen-bond donors (Lipinski definition) is 1. The van der Waals surface area contributed by atoms with Crippen molar-refractivity contribution in [1.29, 1.82) is 0 Å². The Morgan fingerprint density at radius 3 is 2.75 bits per heavy atom. The van der Waals surface area contributed by atoms with Crippen LogP contribution in [0.1, 0.15) is 24.4 Å². The Morgan fingerprint density at radius 2 is 2.00 bits per heavy atom. The summed E-state index contributed by atoms with van der Waals surface area (Å²) in [6, 6.07) is 11.1. The first-order valence-electron chi connectivity index (χ1n) is 5.69. The van der Waals surface area contributed by atoms with Crippen LogP contribution in [0.2, 0.25) is 0 Å². The van der Waals surface area contributed by atoms with E-state index in [9.17, 15) is 4.39 Å². The lowest BCUT2D eigenvalue weighted by Crippen LogP contribution is -2.12. The van der Waals surface area contributed by atoms with E-state index < -0.39 is 0 Å². The second kappa shape index (κ2) is 3.56. The first-order chi connectivity index (χ1) is 7.75. The molecule has 2 aromatic rings. The van der Waals surface area contributed by atoms with Gasteiger partial charge >= 0.3 is 0 Å².